The van der Waals surface area contributed by atoms with Crippen LogP contribution < -0.4 is 16.2 Å². The van der Waals surface area contributed by atoms with Crippen molar-refractivity contribution in [3.8, 4) is 0 Å². The second kappa shape index (κ2) is 4.55. The van der Waals surface area contributed by atoms with E-state index in [0.29, 0.717) is 13.1 Å². The maximum Gasteiger partial charge on any atom is 0.0552 e. The van der Waals surface area contributed by atoms with Crippen molar-refractivity contribution in [2.75, 3.05) is 19.6 Å². The maximum absolute atomic E-state index is 9.66. The summed E-state index contributed by atoms with van der Waals surface area (Å²) in [7, 11) is 0. The van der Waals surface area contributed by atoms with Crippen LogP contribution in [0.5, 0.6) is 0 Å². The van der Waals surface area contributed by atoms with Crippen LogP contribution in [0.4, 0.5) is 0 Å². The molecule has 0 saturated carbocycles. The van der Waals surface area contributed by atoms with E-state index in [4.69, 9.17) is 5.73 Å². The minimum Gasteiger partial charge on any atom is -0.549 e. The Hall–Kier alpha value is -0.610. The van der Waals surface area contributed by atoms with Gasteiger partial charge in [-0.2, -0.15) is 0 Å². The number of carbonyl (C=O) groups excluding carboxylic acids is 1. The Morgan fingerprint density at radius 1 is 1.75 bits per heavy atom. The Labute approximate surface area is 47.7 Å². The number of aliphatic carboxylic acids is 1. The summed E-state index contributed by atoms with van der Waals surface area (Å²) in [5, 5.41) is 12.2. The molecule has 48 valence electrons. The summed E-state index contributed by atoms with van der Waals surface area (Å²) < 4.78 is 0. The molecule has 0 fully saturated rings. The summed E-state index contributed by atoms with van der Waals surface area (Å²) in [5.74, 6) is -1.10. The number of carboxylic acid groups (broad SMARTS) is 1. The summed E-state index contributed by atoms with van der Waals surface area (Å²) in [4.78, 5) is 9.66. The number of carboxylic acids is 1. The van der Waals surface area contributed by atoms with Crippen LogP contribution >= 0.6 is 0 Å². The minimum absolute atomic E-state index is 0.114. The van der Waals surface area contributed by atoms with Gasteiger partial charge in [-0.3, -0.25) is 0 Å². The molecule has 0 aliphatic rings. The smallest absolute Gasteiger partial charge is 0.0552 e. The Bertz CT molecular complexity index is 74.4. The van der Waals surface area contributed by atoms with Crippen molar-refractivity contribution in [1.82, 2.24) is 5.32 Å². The van der Waals surface area contributed by atoms with Crippen molar-refractivity contribution in [3.63, 3.8) is 0 Å². The van der Waals surface area contributed by atoms with Gasteiger partial charge in [0.1, 0.15) is 0 Å². The summed E-state index contributed by atoms with van der Waals surface area (Å²) in [6.07, 6.45) is 0. The third-order valence-electron chi connectivity index (χ3n) is 0.590. The van der Waals surface area contributed by atoms with Crippen molar-refractivity contribution < 1.29 is 9.90 Å². The first-order valence-electron chi connectivity index (χ1n) is 2.38. The predicted molar refractivity (Wildman–Crippen MR) is 26.9 cm³/mol. The zero-order valence-corrected chi connectivity index (χ0v) is 4.52. The zero-order chi connectivity index (χ0) is 6.41. The molecule has 0 bridgehead atoms. The number of hydrogen-bond donors (Lipinski definition) is 2. The zero-order valence-electron chi connectivity index (χ0n) is 4.52. The second-order valence-corrected chi connectivity index (χ2v) is 1.34. The third kappa shape index (κ3) is 5.39. The fraction of sp³-hybridized carbons (Fsp3) is 0.750. The van der Waals surface area contributed by atoms with E-state index in [-0.39, 0.29) is 6.54 Å². The molecule has 0 spiro atoms. The molecule has 4 nitrogen and oxygen atoms in total. The lowest BCUT2D eigenvalue weighted by Crippen LogP contribution is -2.36. The van der Waals surface area contributed by atoms with Gasteiger partial charge in [-0.05, 0) is 0 Å². The minimum atomic E-state index is -1.10. The Kier molecular flexibility index (Phi) is 4.20. The fourth-order valence-electron chi connectivity index (χ4n) is 0.293. The van der Waals surface area contributed by atoms with Crippen LogP contribution in [0.15, 0.2) is 0 Å². The third-order valence-corrected chi connectivity index (χ3v) is 0.590. The molecule has 0 aromatic rings. The molecule has 0 heterocycles. The van der Waals surface area contributed by atoms with Gasteiger partial charge in [0.15, 0.2) is 0 Å². The molecule has 0 radical (unpaired) electrons. The second-order valence-electron chi connectivity index (χ2n) is 1.34. The van der Waals surface area contributed by atoms with Crippen LogP contribution in [0, 0.1) is 0 Å². The molecule has 0 amide bonds. The summed E-state index contributed by atoms with van der Waals surface area (Å²) in [5.41, 5.74) is 5.04. The van der Waals surface area contributed by atoms with Gasteiger partial charge in [0.2, 0.25) is 0 Å². The molecule has 0 aromatic carbocycles. The van der Waals surface area contributed by atoms with Crippen molar-refractivity contribution in [2.45, 2.75) is 0 Å². The highest BCUT2D eigenvalue weighted by atomic mass is 16.4. The molecule has 0 rings (SSSR count). The van der Waals surface area contributed by atoms with E-state index in [2.05, 4.69) is 5.32 Å². The molecular formula is C4H9N2O2-. The summed E-state index contributed by atoms with van der Waals surface area (Å²) >= 11 is 0. The standard InChI is InChI=1S/C4H10N2O2/c5-1-2-6-3-4(7)8/h6H,1-3,5H2,(H,7,8)/p-1. The van der Waals surface area contributed by atoms with Crippen molar-refractivity contribution in [1.29, 1.82) is 0 Å². The molecule has 0 aliphatic heterocycles. The highest BCUT2D eigenvalue weighted by Crippen LogP contribution is 1.52. The van der Waals surface area contributed by atoms with Crippen LogP contribution in [-0.4, -0.2) is 25.6 Å². The van der Waals surface area contributed by atoms with Gasteiger partial charge >= 0.3 is 0 Å². The fourth-order valence-corrected chi connectivity index (χ4v) is 0.293. The number of carbonyl (C=O) groups is 1. The molecule has 8 heavy (non-hydrogen) atoms. The molecule has 3 N–H and O–H groups in total. The topological polar surface area (TPSA) is 78.2 Å². The number of hydrogen-bond acceptors (Lipinski definition) is 4. The SMILES string of the molecule is NCCNCC(=O)[O-]. The molecule has 0 aromatic heterocycles. The largest absolute Gasteiger partial charge is 0.549 e. The lowest BCUT2D eigenvalue weighted by molar-refractivity contribution is -0.304. The Morgan fingerprint density at radius 2 is 2.38 bits per heavy atom. The van der Waals surface area contributed by atoms with E-state index in [0.717, 1.165) is 0 Å². The number of rotatable bonds is 4. The van der Waals surface area contributed by atoms with Gasteiger partial charge < -0.3 is 21.0 Å². The number of nitrogens with two attached hydrogens (primary N) is 1. The van der Waals surface area contributed by atoms with Crippen molar-refractivity contribution in [3.05, 3.63) is 0 Å². The van der Waals surface area contributed by atoms with E-state index >= 15 is 0 Å². The first-order chi connectivity index (χ1) is 3.77. The molecule has 0 atom stereocenters. The van der Waals surface area contributed by atoms with E-state index in [1.807, 2.05) is 0 Å². The predicted octanol–water partition coefficient (Wildman–Crippen LogP) is -2.72. The molecule has 0 saturated heterocycles. The van der Waals surface area contributed by atoms with Crippen LogP contribution in [0.3, 0.4) is 0 Å². The quantitative estimate of drug-likeness (QED) is 0.392. The van der Waals surface area contributed by atoms with Crippen LogP contribution in [0.25, 0.3) is 0 Å². The van der Waals surface area contributed by atoms with Crippen LogP contribution in [-0.2, 0) is 4.79 Å². The average molecular weight is 117 g/mol. The van der Waals surface area contributed by atoms with Crippen molar-refractivity contribution >= 4 is 5.97 Å². The molecule has 0 unspecified atom stereocenters. The first kappa shape index (κ1) is 7.39. The highest BCUT2D eigenvalue weighted by Gasteiger charge is 1.81. The van der Waals surface area contributed by atoms with Gasteiger partial charge in [0.05, 0.1) is 5.97 Å². The summed E-state index contributed by atoms with van der Waals surface area (Å²) in [6.45, 7) is 0.860. The van der Waals surface area contributed by atoms with E-state index in [9.17, 15) is 9.90 Å². The summed E-state index contributed by atoms with van der Waals surface area (Å²) in [6, 6.07) is 0. The molecular weight excluding hydrogens is 108 g/mol. The lowest BCUT2D eigenvalue weighted by Gasteiger charge is -2.01. The van der Waals surface area contributed by atoms with Crippen LogP contribution in [0.1, 0.15) is 0 Å². The normalized spacial score (nSPS) is 9.12. The van der Waals surface area contributed by atoms with E-state index in [1.165, 1.54) is 0 Å². The average Bonchev–Trinajstić information content (AvgIpc) is 1.66. The van der Waals surface area contributed by atoms with Gasteiger partial charge in [0.25, 0.3) is 0 Å². The molecule has 4 heteroatoms. The number of nitrogens with one attached hydrogen (secondary N) is 1. The van der Waals surface area contributed by atoms with Gasteiger partial charge in [-0.25, -0.2) is 0 Å². The van der Waals surface area contributed by atoms with E-state index < -0.39 is 5.97 Å². The van der Waals surface area contributed by atoms with Gasteiger partial charge in [0, 0.05) is 19.6 Å². The molecule has 0 aliphatic carbocycles. The van der Waals surface area contributed by atoms with Gasteiger partial charge in [-0.1, -0.05) is 0 Å². The maximum atomic E-state index is 9.66. The Balaban J connectivity index is 2.82. The first-order valence-corrected chi connectivity index (χ1v) is 2.38. The Morgan fingerprint density at radius 3 is 2.75 bits per heavy atom. The van der Waals surface area contributed by atoms with Crippen LogP contribution in [0.2, 0.25) is 0 Å². The highest BCUT2D eigenvalue weighted by molar-refractivity contribution is 5.66. The van der Waals surface area contributed by atoms with Gasteiger partial charge in [-0.15, -0.1) is 0 Å². The van der Waals surface area contributed by atoms with E-state index in [1.54, 1.807) is 0 Å². The monoisotopic (exact) mass is 117 g/mol. The van der Waals surface area contributed by atoms with Crippen molar-refractivity contribution in [2.24, 2.45) is 5.73 Å². The lowest BCUT2D eigenvalue weighted by atomic mass is 10.6.